The van der Waals surface area contributed by atoms with Gasteiger partial charge >= 0.3 is 0 Å². The van der Waals surface area contributed by atoms with Gasteiger partial charge in [0.05, 0.1) is 119 Å². The van der Waals surface area contributed by atoms with Crippen molar-refractivity contribution in [3.05, 3.63) is 115 Å². The highest BCUT2D eigenvalue weighted by Gasteiger charge is 2.41. The van der Waals surface area contributed by atoms with Crippen LogP contribution in [0.2, 0.25) is 0 Å². The van der Waals surface area contributed by atoms with Crippen molar-refractivity contribution < 1.29 is 75.8 Å². The van der Waals surface area contributed by atoms with Gasteiger partial charge in [-0.1, -0.05) is 61.4 Å². The van der Waals surface area contributed by atoms with Gasteiger partial charge < -0.3 is 75.8 Å². The summed E-state index contributed by atoms with van der Waals surface area (Å²) >= 11 is 0. The van der Waals surface area contributed by atoms with Crippen LogP contribution in [0.15, 0.2) is 48.5 Å². The zero-order valence-corrected chi connectivity index (χ0v) is 53.7. The Morgan fingerprint density at radius 3 is 0.784 bits per heavy atom. The lowest BCUT2D eigenvalue weighted by Gasteiger charge is -2.41. The molecule has 5 aliphatic carbocycles. The second-order valence-corrected chi connectivity index (χ2v) is 23.9. The second kappa shape index (κ2) is 38.5. The summed E-state index contributed by atoms with van der Waals surface area (Å²) in [7, 11) is 5.07. The maximum absolute atomic E-state index is 7.25. The van der Waals surface area contributed by atoms with Gasteiger partial charge in [-0.3, -0.25) is 0 Å². The van der Waals surface area contributed by atoms with Gasteiger partial charge in [0.25, 0.3) is 0 Å². The first-order chi connectivity index (χ1) is 43.6. The zero-order valence-electron chi connectivity index (χ0n) is 53.7. The van der Waals surface area contributed by atoms with Crippen LogP contribution >= 0.6 is 0 Å². The summed E-state index contributed by atoms with van der Waals surface area (Å²) in [6.07, 6.45) is 16.0. The molecule has 9 rings (SSSR count). The van der Waals surface area contributed by atoms with E-state index in [2.05, 4.69) is 48.5 Å². The number of hydrogen-bond donors (Lipinski definition) is 0. The van der Waals surface area contributed by atoms with Gasteiger partial charge in [-0.25, -0.2) is 0 Å². The fraction of sp³-hybridized carbons (Fsp3) is 0.667. The molecule has 0 aromatic heterocycles. The molecule has 0 saturated heterocycles. The average Bonchev–Trinajstić information content (AvgIpc) is 0.966. The molecule has 2 saturated carbocycles. The Morgan fingerprint density at radius 2 is 0.534 bits per heavy atom. The van der Waals surface area contributed by atoms with E-state index in [4.69, 9.17) is 75.8 Å². The smallest absolute Gasteiger partial charge is 0.146 e. The minimum absolute atomic E-state index is 0.185. The van der Waals surface area contributed by atoms with Crippen molar-refractivity contribution in [1.82, 2.24) is 0 Å². The lowest BCUT2D eigenvalue weighted by atomic mass is 9.64. The zero-order chi connectivity index (χ0) is 60.8. The maximum atomic E-state index is 7.25. The summed E-state index contributed by atoms with van der Waals surface area (Å²) in [6.45, 7) is 13.3. The lowest BCUT2D eigenvalue weighted by Crippen LogP contribution is -2.26. The monoisotopic (exact) mass is 1220 g/mol. The number of rotatable bonds is 40. The van der Waals surface area contributed by atoms with Crippen LogP contribution in [0.5, 0.6) is 23.0 Å². The van der Waals surface area contributed by atoms with Crippen LogP contribution in [0.1, 0.15) is 162 Å². The van der Waals surface area contributed by atoms with Crippen molar-refractivity contribution >= 4 is 0 Å². The van der Waals surface area contributed by atoms with E-state index in [1.54, 1.807) is 21.3 Å². The molecule has 16 nitrogen and oxygen atoms in total. The molecule has 4 unspecified atom stereocenters. The average molecular weight is 1230 g/mol. The molecular weight excluding hydrogens is 1120 g/mol. The molecule has 2 fully saturated rings. The van der Waals surface area contributed by atoms with Gasteiger partial charge in [0, 0.05) is 40.8 Å². The first kappa shape index (κ1) is 68.0. The standard InChI is InChI=1S/C72H104O16/c1-5-76-52-84-33-32-83-37-41-88-72-60-45-56-15-11-7-10-13-54-43-58(70(86-39-35-81-30-27-78-24-21-74-3)67(48-54)63-18-19-64(63)68(72)49-56)50-57-42-53-12-8-6-9-14-55-44-59(51-60)71(87-40-36-82-31-28-79-25-22-75-4)66(47-55)62-17-16-61(62)65(46-53)69(57)85-38-34-80-29-26-77-23-20-73-2/h42-49,61-64H,5-41,50-52H2,1-4H3. The third-order valence-electron chi connectivity index (χ3n) is 17.8. The third kappa shape index (κ3) is 20.3. The summed E-state index contributed by atoms with van der Waals surface area (Å²) in [6, 6.07) is 19.9. The molecule has 12 bridgehead atoms. The van der Waals surface area contributed by atoms with Crippen LogP contribution in [-0.4, -0.2) is 180 Å². The Hall–Kier alpha value is -4.40. The van der Waals surface area contributed by atoms with Crippen molar-refractivity contribution in [3.63, 3.8) is 0 Å². The Kier molecular flexibility index (Phi) is 29.7. The van der Waals surface area contributed by atoms with Crippen LogP contribution in [0.4, 0.5) is 0 Å². The topological polar surface area (TPSA) is 148 Å². The number of fused-ring (bicyclic) bond motifs is 8. The molecule has 0 N–H and O–H groups in total. The van der Waals surface area contributed by atoms with E-state index in [1.807, 2.05) is 6.92 Å². The fourth-order valence-electron chi connectivity index (χ4n) is 13.2. The Labute approximate surface area is 525 Å². The summed E-state index contributed by atoms with van der Waals surface area (Å²) in [5, 5.41) is 0. The first-order valence-electron chi connectivity index (χ1n) is 33.4. The fourth-order valence-corrected chi connectivity index (χ4v) is 13.2. The van der Waals surface area contributed by atoms with E-state index in [-0.39, 0.29) is 30.5 Å². The van der Waals surface area contributed by atoms with Gasteiger partial charge in [-0.05, 0) is 174 Å². The highest BCUT2D eigenvalue weighted by molar-refractivity contribution is 5.59. The number of ether oxygens (including phenoxy) is 16. The summed E-state index contributed by atoms with van der Waals surface area (Å²) in [5.74, 6) is 4.64. The van der Waals surface area contributed by atoms with Gasteiger partial charge in [-0.2, -0.15) is 0 Å². The van der Waals surface area contributed by atoms with Gasteiger partial charge in [-0.15, -0.1) is 0 Å². The molecule has 0 amide bonds. The third-order valence-corrected chi connectivity index (χ3v) is 17.8. The van der Waals surface area contributed by atoms with Gasteiger partial charge in [0.2, 0.25) is 0 Å². The quantitative estimate of drug-likeness (QED) is 0.0307. The second-order valence-electron chi connectivity index (χ2n) is 23.9. The number of benzene rings is 4. The van der Waals surface area contributed by atoms with Crippen LogP contribution in [0.3, 0.4) is 0 Å². The van der Waals surface area contributed by atoms with E-state index in [0.717, 1.165) is 113 Å². The molecule has 4 atom stereocenters. The predicted molar refractivity (Wildman–Crippen MR) is 339 cm³/mol. The van der Waals surface area contributed by atoms with Crippen molar-refractivity contribution in [1.29, 1.82) is 0 Å². The Morgan fingerprint density at radius 1 is 0.284 bits per heavy atom. The minimum atomic E-state index is 0.185. The Balaban J connectivity index is 1.17. The number of hydrogen-bond acceptors (Lipinski definition) is 16. The van der Waals surface area contributed by atoms with E-state index >= 15 is 0 Å². The van der Waals surface area contributed by atoms with Crippen molar-refractivity contribution in [2.75, 3.05) is 180 Å². The lowest BCUT2D eigenvalue weighted by molar-refractivity contribution is -0.0669. The first-order valence-corrected chi connectivity index (χ1v) is 33.4. The summed E-state index contributed by atoms with van der Waals surface area (Å²) < 4.78 is 97.7. The molecule has 0 heterocycles. The highest BCUT2D eigenvalue weighted by atomic mass is 16.7. The van der Waals surface area contributed by atoms with Gasteiger partial charge in [0.1, 0.15) is 56.2 Å². The predicted octanol–water partition coefficient (Wildman–Crippen LogP) is 11.6. The summed E-state index contributed by atoms with van der Waals surface area (Å²) in [5.41, 5.74) is 15.4. The van der Waals surface area contributed by atoms with E-state index in [9.17, 15) is 0 Å². The largest absolute Gasteiger partial charge is 0.491 e. The number of methoxy groups -OCH3 is 3. The van der Waals surface area contributed by atoms with E-state index in [0.29, 0.717) is 165 Å². The molecule has 5 aliphatic rings. The molecule has 0 spiro atoms. The van der Waals surface area contributed by atoms with Crippen LogP contribution in [0, 0.1) is 0 Å². The number of aryl methyl sites for hydroxylation is 4. The molecule has 488 valence electrons. The van der Waals surface area contributed by atoms with Gasteiger partial charge in [0.15, 0.2) is 0 Å². The Bertz CT molecular complexity index is 2310. The van der Waals surface area contributed by atoms with Crippen LogP contribution in [0.25, 0.3) is 0 Å². The van der Waals surface area contributed by atoms with Crippen LogP contribution < -0.4 is 18.9 Å². The molecule has 88 heavy (non-hydrogen) atoms. The highest BCUT2D eigenvalue weighted by Crippen LogP contribution is 2.58. The maximum Gasteiger partial charge on any atom is 0.146 e. The van der Waals surface area contributed by atoms with E-state index in [1.165, 1.54) is 66.8 Å². The SMILES string of the molecule is CCOCOCCOCCOc1c2cc3cc1C1CCC1c1cc(cc(c1OCCOCCOCCOC)Cc1cc4cc(c1OCCOCCOCCOC)C1CCC1c1cc(cc(c1OCCOCCOCCOC)C2)CCCCC4)CCCCC3. The van der Waals surface area contributed by atoms with Crippen LogP contribution in [-0.2, 0) is 95.4 Å². The van der Waals surface area contributed by atoms with Crippen molar-refractivity contribution in [3.8, 4) is 23.0 Å². The van der Waals surface area contributed by atoms with Crippen molar-refractivity contribution in [2.24, 2.45) is 0 Å². The van der Waals surface area contributed by atoms with E-state index < -0.39 is 0 Å². The minimum Gasteiger partial charge on any atom is -0.491 e. The molecule has 4 aromatic carbocycles. The molecule has 4 aromatic rings. The normalized spacial score (nSPS) is 18.7. The molecule has 16 heteroatoms. The molecule has 0 radical (unpaired) electrons. The molecular formula is C72H104O16. The summed E-state index contributed by atoms with van der Waals surface area (Å²) in [4.78, 5) is 0. The van der Waals surface area contributed by atoms with Crippen molar-refractivity contribution in [2.45, 2.75) is 133 Å². The molecule has 0 aliphatic heterocycles.